The smallest absolute Gasteiger partial charge is 0.221 e. The lowest BCUT2D eigenvalue weighted by atomic mass is 10.0. The van der Waals surface area contributed by atoms with E-state index < -0.39 is 0 Å². The zero-order valence-corrected chi connectivity index (χ0v) is 13.9. The van der Waals surface area contributed by atoms with Crippen LogP contribution in [0.3, 0.4) is 0 Å². The Bertz CT molecular complexity index is 843. The molecule has 0 radical (unpaired) electrons. The van der Waals surface area contributed by atoms with Crippen LogP contribution in [0.25, 0.3) is 21.5 Å². The largest absolute Gasteiger partial charge is 0.325 e. The second-order valence-electron chi connectivity index (χ2n) is 4.64. The van der Waals surface area contributed by atoms with E-state index in [1.807, 2.05) is 18.2 Å². The van der Waals surface area contributed by atoms with Gasteiger partial charge in [0.25, 0.3) is 0 Å². The quantitative estimate of drug-likeness (QED) is 0.546. The highest BCUT2D eigenvalue weighted by Gasteiger charge is 2.11. The lowest BCUT2D eigenvalue weighted by Crippen LogP contribution is -2.07. The van der Waals surface area contributed by atoms with Gasteiger partial charge in [-0.2, -0.15) is 0 Å². The van der Waals surface area contributed by atoms with Crippen molar-refractivity contribution in [3.8, 4) is 0 Å². The molecule has 0 aliphatic carbocycles. The summed E-state index contributed by atoms with van der Waals surface area (Å²) in [6.07, 6.45) is 0. The van der Waals surface area contributed by atoms with Gasteiger partial charge in [0.2, 0.25) is 5.91 Å². The highest BCUT2D eigenvalue weighted by molar-refractivity contribution is 9.11. The summed E-state index contributed by atoms with van der Waals surface area (Å²) in [5, 5.41) is 7.32. The molecule has 0 unspecified atom stereocenters. The third-order valence-electron chi connectivity index (χ3n) is 3.21. The van der Waals surface area contributed by atoms with Gasteiger partial charge >= 0.3 is 0 Å². The van der Waals surface area contributed by atoms with Gasteiger partial charge in [-0.1, -0.05) is 40.2 Å². The summed E-state index contributed by atoms with van der Waals surface area (Å²) in [6.45, 7) is 1.52. The monoisotopic (exact) mass is 391 g/mol. The number of hydrogen-bond donors (Lipinski definition) is 1. The maximum absolute atomic E-state index is 11.4. The molecule has 0 fully saturated rings. The summed E-state index contributed by atoms with van der Waals surface area (Å²) < 4.78 is 1.86. The van der Waals surface area contributed by atoms with Crippen molar-refractivity contribution in [2.24, 2.45) is 0 Å². The van der Waals surface area contributed by atoms with Crippen LogP contribution in [0.1, 0.15) is 6.92 Å². The fraction of sp³-hybridized carbons (Fsp3) is 0.0625. The first-order valence-electron chi connectivity index (χ1n) is 6.14. The van der Waals surface area contributed by atoms with E-state index in [1.54, 1.807) is 0 Å². The van der Waals surface area contributed by atoms with E-state index in [-0.39, 0.29) is 5.91 Å². The van der Waals surface area contributed by atoms with Gasteiger partial charge in [0, 0.05) is 21.3 Å². The van der Waals surface area contributed by atoms with E-state index in [4.69, 9.17) is 0 Å². The average molecular weight is 393 g/mol. The van der Waals surface area contributed by atoms with Crippen LogP contribution in [0, 0.1) is 0 Å². The number of fused-ring (bicyclic) bond motifs is 2. The van der Waals surface area contributed by atoms with E-state index in [2.05, 4.69) is 61.4 Å². The molecule has 1 amide bonds. The van der Waals surface area contributed by atoms with Crippen LogP contribution >= 0.6 is 31.9 Å². The summed E-state index contributed by atoms with van der Waals surface area (Å²) in [4.78, 5) is 11.4. The Labute approximate surface area is 133 Å². The lowest BCUT2D eigenvalue weighted by Gasteiger charge is -2.12. The number of nitrogens with one attached hydrogen (secondary N) is 1. The van der Waals surface area contributed by atoms with Crippen molar-refractivity contribution in [3.63, 3.8) is 0 Å². The van der Waals surface area contributed by atoms with E-state index >= 15 is 0 Å². The maximum atomic E-state index is 11.4. The molecule has 20 heavy (non-hydrogen) atoms. The van der Waals surface area contributed by atoms with E-state index in [9.17, 15) is 4.79 Å². The Hall–Kier alpha value is -1.39. The topological polar surface area (TPSA) is 29.1 Å². The zero-order chi connectivity index (χ0) is 14.3. The predicted octanol–water partition coefficient (Wildman–Crippen LogP) is 5.48. The summed E-state index contributed by atoms with van der Waals surface area (Å²) in [5.41, 5.74) is 0.807. The molecule has 0 aromatic heterocycles. The summed E-state index contributed by atoms with van der Waals surface area (Å²) in [6, 6.07) is 14.4. The van der Waals surface area contributed by atoms with Gasteiger partial charge in [0.15, 0.2) is 0 Å². The van der Waals surface area contributed by atoms with Crippen LogP contribution in [0.4, 0.5) is 5.69 Å². The molecule has 0 bridgehead atoms. The zero-order valence-electron chi connectivity index (χ0n) is 10.7. The minimum atomic E-state index is -0.0810. The molecule has 0 aliphatic rings. The van der Waals surface area contributed by atoms with Crippen molar-refractivity contribution in [1.82, 2.24) is 0 Å². The first-order chi connectivity index (χ1) is 9.56. The van der Waals surface area contributed by atoms with Crippen LogP contribution in [-0.4, -0.2) is 5.91 Å². The number of carbonyl (C=O) groups excluding carboxylic acids is 1. The Kier molecular flexibility index (Phi) is 3.52. The number of carbonyl (C=O) groups is 1. The molecule has 0 aliphatic heterocycles. The van der Waals surface area contributed by atoms with Gasteiger partial charge in [-0.25, -0.2) is 0 Å². The number of anilines is 1. The van der Waals surface area contributed by atoms with Crippen LogP contribution in [0.15, 0.2) is 51.4 Å². The van der Waals surface area contributed by atoms with Crippen molar-refractivity contribution in [1.29, 1.82) is 0 Å². The van der Waals surface area contributed by atoms with Crippen LogP contribution in [0.2, 0.25) is 0 Å². The second kappa shape index (κ2) is 5.19. The first kappa shape index (κ1) is 13.6. The predicted molar refractivity (Wildman–Crippen MR) is 91.2 cm³/mol. The number of benzene rings is 3. The van der Waals surface area contributed by atoms with Crippen molar-refractivity contribution >= 4 is 65.0 Å². The molecular weight excluding hydrogens is 382 g/mol. The lowest BCUT2D eigenvalue weighted by molar-refractivity contribution is -0.114. The van der Waals surface area contributed by atoms with E-state index in [0.717, 1.165) is 30.8 Å². The molecule has 100 valence electrons. The summed E-state index contributed by atoms with van der Waals surface area (Å²) >= 11 is 7.11. The van der Waals surface area contributed by atoms with Gasteiger partial charge < -0.3 is 5.32 Å². The van der Waals surface area contributed by atoms with Crippen molar-refractivity contribution in [3.05, 3.63) is 51.4 Å². The van der Waals surface area contributed by atoms with Gasteiger partial charge in [0.05, 0.1) is 5.69 Å². The Morgan fingerprint density at radius 1 is 0.950 bits per heavy atom. The second-order valence-corrected chi connectivity index (χ2v) is 6.35. The fourth-order valence-electron chi connectivity index (χ4n) is 2.34. The third-order valence-corrected chi connectivity index (χ3v) is 4.49. The molecule has 0 saturated carbocycles. The van der Waals surface area contributed by atoms with Crippen molar-refractivity contribution < 1.29 is 4.79 Å². The van der Waals surface area contributed by atoms with Gasteiger partial charge in [-0.15, -0.1) is 0 Å². The van der Waals surface area contributed by atoms with E-state index in [1.165, 1.54) is 12.3 Å². The summed E-state index contributed by atoms with van der Waals surface area (Å²) in [5.74, 6) is -0.0810. The molecule has 4 heteroatoms. The average Bonchev–Trinajstić information content (AvgIpc) is 2.41. The Balaban J connectivity index is 2.43. The minimum absolute atomic E-state index is 0.0810. The van der Waals surface area contributed by atoms with Gasteiger partial charge in [-0.05, 0) is 50.3 Å². The van der Waals surface area contributed by atoms with E-state index in [0.29, 0.717) is 0 Å². The molecule has 0 saturated heterocycles. The fourth-order valence-corrected chi connectivity index (χ4v) is 3.74. The molecule has 1 N–H and O–H groups in total. The standard InChI is InChI=1S/C16H11Br2NO/c1-9(20)19-16-13-7-11-5-3-2-4-10(11)6-12(13)14(17)8-15(16)18/h2-8H,1H3,(H,19,20). The number of amides is 1. The molecular formula is C16H11Br2NO. The SMILES string of the molecule is CC(=O)Nc1c(Br)cc(Br)c2cc3ccccc3cc12. The molecule has 3 aromatic carbocycles. The third kappa shape index (κ3) is 2.34. The minimum Gasteiger partial charge on any atom is -0.325 e. The summed E-state index contributed by atoms with van der Waals surface area (Å²) in [7, 11) is 0. The Morgan fingerprint density at radius 3 is 2.15 bits per heavy atom. The molecule has 2 nitrogen and oxygen atoms in total. The molecule has 0 atom stereocenters. The van der Waals surface area contributed by atoms with Crippen LogP contribution in [0.5, 0.6) is 0 Å². The van der Waals surface area contributed by atoms with Crippen molar-refractivity contribution in [2.75, 3.05) is 5.32 Å². The highest BCUT2D eigenvalue weighted by Crippen LogP contribution is 2.38. The molecule has 3 rings (SSSR count). The number of hydrogen-bond acceptors (Lipinski definition) is 1. The van der Waals surface area contributed by atoms with Gasteiger partial charge in [0.1, 0.15) is 0 Å². The number of rotatable bonds is 1. The normalized spacial score (nSPS) is 10.9. The van der Waals surface area contributed by atoms with Gasteiger partial charge in [-0.3, -0.25) is 4.79 Å². The highest BCUT2D eigenvalue weighted by atomic mass is 79.9. The van der Waals surface area contributed by atoms with Crippen LogP contribution < -0.4 is 5.32 Å². The van der Waals surface area contributed by atoms with Crippen LogP contribution in [-0.2, 0) is 4.79 Å². The molecule has 0 spiro atoms. The van der Waals surface area contributed by atoms with Crippen molar-refractivity contribution in [2.45, 2.75) is 6.92 Å². The molecule has 3 aromatic rings. The number of halogens is 2. The molecule has 0 heterocycles. The Morgan fingerprint density at radius 2 is 1.55 bits per heavy atom. The maximum Gasteiger partial charge on any atom is 0.221 e. The first-order valence-corrected chi connectivity index (χ1v) is 7.73.